The standard InChI is InChI=1S/C19H19N5O2/c25-19(15-5-3-13(4-6-15)16-2-1-11-26-12-16)20-17-9-7-14(8-10-17)18-21-23-24-22-18/h3-10,16H,1-2,11-12H2,(H,20,25)(H,21,22,23,24). The Morgan fingerprint density at radius 3 is 2.58 bits per heavy atom. The monoisotopic (exact) mass is 349 g/mol. The van der Waals surface area contributed by atoms with Gasteiger partial charge in [0.2, 0.25) is 5.82 Å². The van der Waals surface area contributed by atoms with Crippen LogP contribution in [-0.4, -0.2) is 39.7 Å². The molecule has 132 valence electrons. The van der Waals surface area contributed by atoms with Crippen LogP contribution in [0.2, 0.25) is 0 Å². The van der Waals surface area contributed by atoms with E-state index in [9.17, 15) is 4.79 Å². The molecule has 1 aliphatic rings. The van der Waals surface area contributed by atoms with Gasteiger partial charge < -0.3 is 10.1 Å². The van der Waals surface area contributed by atoms with Crippen LogP contribution in [0.3, 0.4) is 0 Å². The third-order valence-corrected chi connectivity index (χ3v) is 4.55. The van der Waals surface area contributed by atoms with Crippen LogP contribution in [0.5, 0.6) is 0 Å². The number of rotatable bonds is 4. The number of tetrazole rings is 1. The highest BCUT2D eigenvalue weighted by Crippen LogP contribution is 2.25. The first-order valence-corrected chi connectivity index (χ1v) is 8.62. The SMILES string of the molecule is O=C(Nc1ccc(-c2nn[nH]n2)cc1)c1ccc(C2CCCOC2)cc1. The Morgan fingerprint density at radius 2 is 1.92 bits per heavy atom. The van der Waals surface area contributed by atoms with E-state index in [2.05, 4.69) is 25.9 Å². The van der Waals surface area contributed by atoms with E-state index >= 15 is 0 Å². The van der Waals surface area contributed by atoms with Gasteiger partial charge in [-0.05, 0) is 60.0 Å². The topological polar surface area (TPSA) is 92.8 Å². The lowest BCUT2D eigenvalue weighted by atomic mass is 9.93. The minimum atomic E-state index is -0.135. The molecule has 0 spiro atoms. The molecule has 1 aliphatic heterocycles. The summed E-state index contributed by atoms with van der Waals surface area (Å²) in [6.45, 7) is 1.61. The normalized spacial score (nSPS) is 17.0. The lowest BCUT2D eigenvalue weighted by Crippen LogP contribution is -2.16. The molecule has 2 N–H and O–H groups in total. The van der Waals surface area contributed by atoms with E-state index in [-0.39, 0.29) is 5.91 Å². The van der Waals surface area contributed by atoms with E-state index in [1.54, 1.807) is 0 Å². The highest BCUT2D eigenvalue weighted by atomic mass is 16.5. The van der Waals surface area contributed by atoms with Crippen molar-refractivity contribution in [1.82, 2.24) is 20.6 Å². The number of benzene rings is 2. The molecule has 0 aliphatic carbocycles. The third kappa shape index (κ3) is 3.62. The number of aromatic nitrogens is 4. The van der Waals surface area contributed by atoms with Crippen LogP contribution < -0.4 is 5.32 Å². The maximum atomic E-state index is 12.4. The second-order valence-corrected chi connectivity index (χ2v) is 6.30. The lowest BCUT2D eigenvalue weighted by Gasteiger charge is -2.22. The third-order valence-electron chi connectivity index (χ3n) is 4.55. The van der Waals surface area contributed by atoms with Crippen LogP contribution in [0.1, 0.15) is 34.7 Å². The zero-order chi connectivity index (χ0) is 17.8. The summed E-state index contributed by atoms with van der Waals surface area (Å²) >= 11 is 0. The van der Waals surface area contributed by atoms with Crippen molar-refractivity contribution in [3.63, 3.8) is 0 Å². The minimum absolute atomic E-state index is 0.135. The quantitative estimate of drug-likeness (QED) is 0.755. The Morgan fingerprint density at radius 1 is 1.12 bits per heavy atom. The van der Waals surface area contributed by atoms with Gasteiger partial charge >= 0.3 is 0 Å². The van der Waals surface area contributed by atoms with Crippen molar-refractivity contribution < 1.29 is 9.53 Å². The van der Waals surface area contributed by atoms with Gasteiger partial charge in [-0.2, -0.15) is 5.21 Å². The molecule has 1 amide bonds. The first kappa shape index (κ1) is 16.4. The van der Waals surface area contributed by atoms with Crippen molar-refractivity contribution in [3.8, 4) is 11.4 Å². The van der Waals surface area contributed by atoms with Crippen molar-refractivity contribution in [2.45, 2.75) is 18.8 Å². The van der Waals surface area contributed by atoms with Gasteiger partial charge in [0.15, 0.2) is 0 Å². The van der Waals surface area contributed by atoms with Gasteiger partial charge in [-0.25, -0.2) is 0 Å². The van der Waals surface area contributed by atoms with E-state index in [1.165, 1.54) is 5.56 Å². The Hall–Kier alpha value is -3.06. The maximum absolute atomic E-state index is 12.4. The number of H-pyrrole nitrogens is 1. The van der Waals surface area contributed by atoms with Crippen LogP contribution >= 0.6 is 0 Å². The molecule has 7 nitrogen and oxygen atoms in total. The van der Waals surface area contributed by atoms with Crippen LogP contribution in [0.4, 0.5) is 5.69 Å². The molecule has 7 heteroatoms. The van der Waals surface area contributed by atoms with E-state index in [4.69, 9.17) is 4.74 Å². The van der Waals surface area contributed by atoms with E-state index in [0.717, 1.165) is 31.6 Å². The molecular weight excluding hydrogens is 330 g/mol. The zero-order valence-corrected chi connectivity index (χ0v) is 14.2. The molecule has 4 rings (SSSR count). The molecule has 3 aromatic rings. The average Bonchev–Trinajstić information content (AvgIpc) is 3.24. The van der Waals surface area contributed by atoms with Gasteiger partial charge in [-0.3, -0.25) is 4.79 Å². The largest absolute Gasteiger partial charge is 0.381 e. The first-order chi connectivity index (χ1) is 12.8. The van der Waals surface area contributed by atoms with E-state index < -0.39 is 0 Å². The zero-order valence-electron chi connectivity index (χ0n) is 14.2. The maximum Gasteiger partial charge on any atom is 0.255 e. The van der Waals surface area contributed by atoms with Gasteiger partial charge in [0.05, 0.1) is 6.61 Å². The number of nitrogens with one attached hydrogen (secondary N) is 2. The van der Waals surface area contributed by atoms with Crippen molar-refractivity contribution in [1.29, 1.82) is 0 Å². The molecule has 0 saturated carbocycles. The number of carbonyl (C=O) groups is 1. The van der Waals surface area contributed by atoms with Gasteiger partial charge in [0.25, 0.3) is 5.91 Å². The number of carbonyl (C=O) groups excluding carboxylic acids is 1. The molecule has 2 heterocycles. The number of amides is 1. The average molecular weight is 349 g/mol. The number of ether oxygens (including phenoxy) is 1. The summed E-state index contributed by atoms with van der Waals surface area (Å²) < 4.78 is 5.54. The fourth-order valence-electron chi connectivity index (χ4n) is 3.10. The first-order valence-electron chi connectivity index (χ1n) is 8.62. The number of anilines is 1. The van der Waals surface area contributed by atoms with Crippen molar-refractivity contribution in [2.24, 2.45) is 0 Å². The summed E-state index contributed by atoms with van der Waals surface area (Å²) in [6.07, 6.45) is 2.23. The Kier molecular flexibility index (Phi) is 4.70. The summed E-state index contributed by atoms with van der Waals surface area (Å²) in [4.78, 5) is 12.4. The molecular formula is C19H19N5O2. The molecule has 1 atom stereocenters. The molecule has 0 bridgehead atoms. The molecule has 26 heavy (non-hydrogen) atoms. The van der Waals surface area contributed by atoms with Crippen molar-refractivity contribution in [3.05, 3.63) is 59.7 Å². The highest BCUT2D eigenvalue weighted by Gasteiger charge is 2.16. The fourth-order valence-corrected chi connectivity index (χ4v) is 3.10. The summed E-state index contributed by atoms with van der Waals surface area (Å²) in [5.74, 6) is 0.812. The van der Waals surface area contributed by atoms with Gasteiger partial charge in [0.1, 0.15) is 0 Å². The summed E-state index contributed by atoms with van der Waals surface area (Å²) in [7, 11) is 0. The second-order valence-electron chi connectivity index (χ2n) is 6.30. The second kappa shape index (κ2) is 7.45. The molecule has 1 fully saturated rings. The van der Waals surface area contributed by atoms with E-state index in [1.807, 2.05) is 48.5 Å². The lowest BCUT2D eigenvalue weighted by molar-refractivity contribution is 0.0804. The minimum Gasteiger partial charge on any atom is -0.381 e. The van der Waals surface area contributed by atoms with Crippen LogP contribution in [0.25, 0.3) is 11.4 Å². The molecule has 0 radical (unpaired) electrons. The van der Waals surface area contributed by atoms with Crippen molar-refractivity contribution >= 4 is 11.6 Å². The number of hydrogen-bond acceptors (Lipinski definition) is 5. The smallest absolute Gasteiger partial charge is 0.255 e. The molecule has 1 unspecified atom stereocenters. The van der Waals surface area contributed by atoms with Crippen LogP contribution in [-0.2, 0) is 4.74 Å². The predicted molar refractivity (Wildman–Crippen MR) is 96.8 cm³/mol. The van der Waals surface area contributed by atoms with Gasteiger partial charge in [-0.15, -0.1) is 10.2 Å². The highest BCUT2D eigenvalue weighted by molar-refractivity contribution is 6.04. The predicted octanol–water partition coefficient (Wildman–Crippen LogP) is 3.01. The molecule has 1 saturated heterocycles. The van der Waals surface area contributed by atoms with Crippen molar-refractivity contribution in [2.75, 3.05) is 18.5 Å². The van der Waals surface area contributed by atoms with Crippen LogP contribution in [0, 0.1) is 0 Å². The molecule has 2 aromatic carbocycles. The van der Waals surface area contributed by atoms with Gasteiger partial charge in [0, 0.05) is 29.3 Å². The number of nitrogens with zero attached hydrogens (tertiary/aromatic N) is 3. The fraction of sp³-hybridized carbons (Fsp3) is 0.263. The molecule has 1 aromatic heterocycles. The summed E-state index contributed by atoms with van der Waals surface area (Å²) in [5, 5.41) is 16.7. The number of aromatic amines is 1. The Labute approximate surface area is 150 Å². The Bertz CT molecular complexity index is 854. The summed E-state index contributed by atoms with van der Waals surface area (Å²) in [6, 6.07) is 15.1. The van der Waals surface area contributed by atoms with Gasteiger partial charge in [-0.1, -0.05) is 12.1 Å². The van der Waals surface area contributed by atoms with Crippen LogP contribution in [0.15, 0.2) is 48.5 Å². The summed E-state index contributed by atoms with van der Waals surface area (Å²) in [5.41, 5.74) is 3.40. The van der Waals surface area contributed by atoms with E-state index in [0.29, 0.717) is 23.0 Å². The number of hydrogen-bond donors (Lipinski definition) is 2. The Balaban J connectivity index is 1.41.